The lowest BCUT2D eigenvalue weighted by atomic mass is 9.91. The largest absolute Gasteiger partial charge is 0.459 e. The zero-order chi connectivity index (χ0) is 22.2. The number of aromatic nitrogens is 2. The summed E-state index contributed by atoms with van der Waals surface area (Å²) >= 11 is 0. The third-order valence-electron chi connectivity index (χ3n) is 5.00. The highest BCUT2D eigenvalue weighted by molar-refractivity contribution is 7.55. The normalized spacial score (nSPS) is 17.9. The third kappa shape index (κ3) is 7.47. The number of nitrogens with zero attached hydrogens (tertiary/aromatic N) is 2. The molecule has 0 amide bonds. The molecule has 1 unspecified atom stereocenters. The monoisotopic (exact) mass is 444 g/mol. The van der Waals surface area contributed by atoms with Gasteiger partial charge in [0.05, 0.1) is 19.6 Å². The Morgan fingerprint density at radius 1 is 1.10 bits per heavy atom. The molecule has 2 rings (SSSR count). The van der Waals surface area contributed by atoms with Crippen LogP contribution in [0.25, 0.3) is 0 Å². The van der Waals surface area contributed by atoms with Crippen molar-refractivity contribution in [3.8, 4) is 0 Å². The van der Waals surface area contributed by atoms with E-state index in [1.165, 1.54) is 19.3 Å². The van der Waals surface area contributed by atoms with E-state index < -0.39 is 24.8 Å². The number of rotatable bonds is 9. The molecule has 1 aromatic heterocycles. The maximum absolute atomic E-state index is 13.4. The molecule has 8 nitrogen and oxygen atoms in total. The maximum Gasteiger partial charge on any atom is 0.345 e. The molecule has 1 aliphatic carbocycles. The first-order chi connectivity index (χ1) is 14.2. The van der Waals surface area contributed by atoms with Crippen LogP contribution in [0.5, 0.6) is 0 Å². The lowest BCUT2D eigenvalue weighted by Crippen LogP contribution is -2.34. The van der Waals surface area contributed by atoms with Gasteiger partial charge >= 0.3 is 13.6 Å². The molecule has 0 aromatic carbocycles. The molecule has 1 aliphatic rings. The van der Waals surface area contributed by atoms with Crippen LogP contribution < -0.4 is 0 Å². The van der Waals surface area contributed by atoms with Gasteiger partial charge in [0, 0.05) is 5.92 Å². The van der Waals surface area contributed by atoms with Gasteiger partial charge in [0.25, 0.3) is 0 Å². The number of carbonyl (C=O) groups excluding carboxylic acids is 1. The molecule has 1 atom stereocenters. The Labute approximate surface area is 180 Å². The third-order valence-corrected chi connectivity index (χ3v) is 7.39. The highest BCUT2D eigenvalue weighted by Crippen LogP contribution is 2.54. The molecule has 0 saturated heterocycles. The van der Waals surface area contributed by atoms with Crippen LogP contribution in [0.2, 0.25) is 0 Å². The van der Waals surface area contributed by atoms with E-state index in [9.17, 15) is 9.36 Å². The van der Waals surface area contributed by atoms with Gasteiger partial charge in [-0.15, -0.1) is 0 Å². The minimum Gasteiger partial charge on any atom is -0.459 e. The van der Waals surface area contributed by atoms with Gasteiger partial charge in [0.1, 0.15) is 5.60 Å². The van der Waals surface area contributed by atoms with E-state index >= 15 is 0 Å². The number of hydrogen-bond donors (Lipinski definition) is 0. The van der Waals surface area contributed by atoms with Gasteiger partial charge in [0.15, 0.2) is 11.5 Å². The standard InChI is InChI=1S/C21H37N2O6P/c1-6-26-30(25,27-7-2)17(20(24)28-21(3,4)5)15-18-22-19(23-29-18)16-13-11-9-8-10-12-14-16/h16-17H,6-15H2,1-5H3. The van der Waals surface area contributed by atoms with Crippen LogP contribution in [0.15, 0.2) is 4.52 Å². The first-order valence-electron chi connectivity index (χ1n) is 11.1. The topological polar surface area (TPSA) is 101 Å². The molecule has 30 heavy (non-hydrogen) atoms. The molecule has 0 radical (unpaired) electrons. The van der Waals surface area contributed by atoms with Crippen LogP contribution >= 0.6 is 7.60 Å². The molecule has 1 aromatic rings. The zero-order valence-electron chi connectivity index (χ0n) is 19.0. The Bertz CT molecular complexity index is 697. The molecule has 0 bridgehead atoms. The van der Waals surface area contributed by atoms with Crippen LogP contribution in [-0.2, 0) is 29.6 Å². The van der Waals surface area contributed by atoms with E-state index in [2.05, 4.69) is 10.1 Å². The summed E-state index contributed by atoms with van der Waals surface area (Å²) in [6.45, 7) is 8.98. The average Bonchev–Trinajstić information content (AvgIpc) is 3.06. The van der Waals surface area contributed by atoms with Crippen LogP contribution in [0.4, 0.5) is 0 Å². The summed E-state index contributed by atoms with van der Waals surface area (Å²) in [5, 5.41) is 4.16. The smallest absolute Gasteiger partial charge is 0.345 e. The summed E-state index contributed by atoms with van der Waals surface area (Å²) in [6.07, 6.45) is 8.06. The van der Waals surface area contributed by atoms with Crippen LogP contribution in [0, 0.1) is 0 Å². The zero-order valence-corrected chi connectivity index (χ0v) is 19.9. The van der Waals surface area contributed by atoms with Gasteiger partial charge < -0.3 is 18.3 Å². The van der Waals surface area contributed by atoms with E-state index in [-0.39, 0.29) is 31.4 Å². The molecule has 172 valence electrons. The SMILES string of the molecule is CCOP(=O)(OCC)C(Cc1nc(C2CCCCCCC2)no1)C(=O)OC(C)(C)C. The minimum absolute atomic E-state index is 0.0497. The Morgan fingerprint density at radius 3 is 2.20 bits per heavy atom. The highest BCUT2D eigenvalue weighted by atomic mass is 31.2. The van der Waals surface area contributed by atoms with Crippen molar-refractivity contribution < 1.29 is 27.7 Å². The fraction of sp³-hybridized carbons (Fsp3) is 0.857. The number of esters is 1. The Kier molecular flexibility index (Phi) is 9.51. The van der Waals surface area contributed by atoms with E-state index in [1.54, 1.807) is 34.6 Å². The summed E-state index contributed by atoms with van der Waals surface area (Å²) in [4.78, 5) is 17.4. The van der Waals surface area contributed by atoms with Crippen molar-refractivity contribution in [2.45, 2.75) is 103 Å². The van der Waals surface area contributed by atoms with Crippen molar-refractivity contribution >= 4 is 13.6 Å². The minimum atomic E-state index is -3.78. The summed E-state index contributed by atoms with van der Waals surface area (Å²) in [6, 6.07) is 0. The first kappa shape index (κ1) is 25.0. The number of ether oxygens (including phenoxy) is 1. The molecule has 0 spiro atoms. The van der Waals surface area contributed by atoms with Gasteiger partial charge in [-0.05, 0) is 47.5 Å². The molecule has 9 heteroatoms. The van der Waals surface area contributed by atoms with Gasteiger partial charge in [-0.2, -0.15) is 4.98 Å². The molecular weight excluding hydrogens is 407 g/mol. The van der Waals surface area contributed by atoms with Gasteiger partial charge in [0.2, 0.25) is 5.89 Å². The van der Waals surface area contributed by atoms with Gasteiger partial charge in [-0.1, -0.05) is 37.3 Å². The molecule has 0 N–H and O–H groups in total. The Morgan fingerprint density at radius 2 is 1.67 bits per heavy atom. The van der Waals surface area contributed by atoms with Crippen molar-refractivity contribution in [2.75, 3.05) is 13.2 Å². The van der Waals surface area contributed by atoms with Crippen LogP contribution in [0.3, 0.4) is 0 Å². The van der Waals surface area contributed by atoms with Crippen molar-refractivity contribution in [3.63, 3.8) is 0 Å². The summed E-state index contributed by atoms with van der Waals surface area (Å²) in [5.74, 6) is 0.520. The fourth-order valence-electron chi connectivity index (χ4n) is 3.67. The second-order valence-corrected chi connectivity index (χ2v) is 10.9. The molecular formula is C21H37N2O6P. The number of carbonyl (C=O) groups is 1. The average molecular weight is 445 g/mol. The van der Waals surface area contributed by atoms with E-state index in [0.717, 1.165) is 25.7 Å². The van der Waals surface area contributed by atoms with Crippen molar-refractivity contribution in [3.05, 3.63) is 11.7 Å². The summed E-state index contributed by atoms with van der Waals surface area (Å²) in [5.41, 5.74) is -1.90. The summed E-state index contributed by atoms with van der Waals surface area (Å²) < 4.78 is 35.2. The number of hydrogen-bond acceptors (Lipinski definition) is 8. The van der Waals surface area contributed by atoms with E-state index in [4.69, 9.17) is 18.3 Å². The Hall–Kier alpha value is -1.24. The molecule has 1 saturated carbocycles. The second-order valence-electron chi connectivity index (χ2n) is 8.72. The Balaban J connectivity index is 2.23. The summed E-state index contributed by atoms with van der Waals surface area (Å²) in [7, 11) is -3.78. The van der Waals surface area contributed by atoms with Gasteiger partial charge in [-0.25, -0.2) is 0 Å². The maximum atomic E-state index is 13.4. The van der Waals surface area contributed by atoms with Crippen LogP contribution in [-0.4, -0.2) is 40.6 Å². The molecule has 0 aliphatic heterocycles. The predicted octanol–water partition coefficient (Wildman–Crippen LogP) is 5.42. The highest BCUT2D eigenvalue weighted by Gasteiger charge is 2.45. The quantitative estimate of drug-likeness (QED) is 0.368. The van der Waals surface area contributed by atoms with Crippen LogP contribution in [0.1, 0.15) is 97.2 Å². The van der Waals surface area contributed by atoms with Crippen molar-refractivity contribution in [1.29, 1.82) is 0 Å². The lowest BCUT2D eigenvalue weighted by Gasteiger charge is -2.27. The molecule has 1 heterocycles. The van der Waals surface area contributed by atoms with E-state index in [0.29, 0.717) is 5.82 Å². The van der Waals surface area contributed by atoms with Crippen molar-refractivity contribution in [1.82, 2.24) is 10.1 Å². The lowest BCUT2D eigenvalue weighted by molar-refractivity contribution is -0.154. The van der Waals surface area contributed by atoms with Crippen molar-refractivity contribution in [2.24, 2.45) is 0 Å². The molecule has 1 fully saturated rings. The van der Waals surface area contributed by atoms with Gasteiger partial charge in [-0.3, -0.25) is 9.36 Å². The van der Waals surface area contributed by atoms with E-state index in [1.807, 2.05) is 0 Å². The first-order valence-corrected chi connectivity index (χ1v) is 12.7. The predicted molar refractivity (Wildman–Crippen MR) is 114 cm³/mol. The second kappa shape index (κ2) is 11.4. The fourth-order valence-corrected chi connectivity index (χ4v) is 5.51.